The molecule has 0 aromatic carbocycles. The van der Waals surface area contributed by atoms with E-state index in [1.54, 1.807) is 0 Å². The van der Waals surface area contributed by atoms with Crippen molar-refractivity contribution in [3.8, 4) is 0 Å². The molecule has 108 valence electrons. The minimum atomic E-state index is -3.30. The Balaban J connectivity index is 2.01. The maximum atomic E-state index is 12.2. The molecule has 1 aromatic heterocycles. The predicted molar refractivity (Wildman–Crippen MR) is 76.9 cm³/mol. The summed E-state index contributed by atoms with van der Waals surface area (Å²) in [5, 5.41) is 12.9. The SMILES string of the molecule is Cc1csc(CS(=O)(=O)CC2(O)CCC(C)CC2)n1. The molecular formula is C13H21NO3S2. The molecule has 1 saturated carbocycles. The van der Waals surface area contributed by atoms with Gasteiger partial charge in [-0.2, -0.15) is 0 Å². The molecule has 1 heterocycles. The second-order valence-corrected chi connectivity index (χ2v) is 8.83. The maximum Gasteiger partial charge on any atom is 0.159 e. The van der Waals surface area contributed by atoms with Crippen LogP contribution < -0.4 is 0 Å². The van der Waals surface area contributed by atoms with Crippen LogP contribution in [0.5, 0.6) is 0 Å². The Morgan fingerprint density at radius 3 is 2.63 bits per heavy atom. The number of aromatic nitrogens is 1. The number of hydrogen-bond acceptors (Lipinski definition) is 5. The average Bonchev–Trinajstić information content (AvgIpc) is 2.67. The first-order valence-corrected chi connectivity index (χ1v) is 9.32. The van der Waals surface area contributed by atoms with E-state index in [1.807, 2.05) is 12.3 Å². The molecular weight excluding hydrogens is 282 g/mol. The smallest absolute Gasteiger partial charge is 0.159 e. The van der Waals surface area contributed by atoms with E-state index >= 15 is 0 Å². The van der Waals surface area contributed by atoms with Gasteiger partial charge in [-0.15, -0.1) is 11.3 Å². The number of nitrogens with zero attached hydrogens (tertiary/aromatic N) is 1. The summed E-state index contributed by atoms with van der Waals surface area (Å²) in [7, 11) is -3.30. The quantitative estimate of drug-likeness (QED) is 0.927. The molecule has 19 heavy (non-hydrogen) atoms. The van der Waals surface area contributed by atoms with Gasteiger partial charge in [-0.25, -0.2) is 13.4 Å². The molecule has 0 amide bonds. The van der Waals surface area contributed by atoms with Crippen LogP contribution in [0.1, 0.15) is 43.3 Å². The molecule has 4 nitrogen and oxygen atoms in total. The lowest BCUT2D eigenvalue weighted by atomic mass is 9.81. The van der Waals surface area contributed by atoms with Gasteiger partial charge >= 0.3 is 0 Å². The standard InChI is InChI=1S/C13H21NO3S2/c1-10-3-5-13(15,6-4-10)9-19(16,17)8-12-14-11(2)7-18-12/h7,10,15H,3-6,8-9H2,1-2H3. The molecule has 1 fully saturated rings. The summed E-state index contributed by atoms with van der Waals surface area (Å²) in [5.74, 6) is 0.402. The minimum absolute atomic E-state index is 0.0522. The van der Waals surface area contributed by atoms with Crippen molar-refractivity contribution < 1.29 is 13.5 Å². The van der Waals surface area contributed by atoms with E-state index in [0.29, 0.717) is 23.8 Å². The Hall–Kier alpha value is -0.460. The summed E-state index contributed by atoms with van der Waals surface area (Å²) >= 11 is 1.37. The second-order valence-electron chi connectivity index (χ2n) is 5.82. The van der Waals surface area contributed by atoms with E-state index in [9.17, 15) is 13.5 Å². The molecule has 1 aliphatic carbocycles. The third-order valence-electron chi connectivity index (χ3n) is 3.70. The van der Waals surface area contributed by atoms with E-state index in [-0.39, 0.29) is 11.5 Å². The number of aryl methyl sites for hydroxylation is 1. The van der Waals surface area contributed by atoms with Gasteiger partial charge in [-0.3, -0.25) is 0 Å². The van der Waals surface area contributed by atoms with Gasteiger partial charge in [0.1, 0.15) is 10.8 Å². The number of aliphatic hydroxyl groups is 1. The van der Waals surface area contributed by atoms with Gasteiger partial charge < -0.3 is 5.11 Å². The summed E-state index contributed by atoms with van der Waals surface area (Å²) in [4.78, 5) is 4.18. The van der Waals surface area contributed by atoms with Gasteiger partial charge in [0, 0.05) is 11.1 Å². The third-order valence-corrected chi connectivity index (χ3v) is 6.54. The van der Waals surface area contributed by atoms with Crippen LogP contribution in [0, 0.1) is 12.8 Å². The first kappa shape index (κ1) is 14.9. The molecule has 0 radical (unpaired) electrons. The number of hydrogen-bond donors (Lipinski definition) is 1. The van der Waals surface area contributed by atoms with Gasteiger partial charge in [0.25, 0.3) is 0 Å². The normalized spacial score (nSPS) is 28.5. The highest BCUT2D eigenvalue weighted by Gasteiger charge is 2.36. The molecule has 0 saturated heterocycles. The van der Waals surface area contributed by atoms with Gasteiger partial charge in [0.15, 0.2) is 9.84 Å². The summed E-state index contributed by atoms with van der Waals surface area (Å²) in [6.45, 7) is 4.00. The molecule has 0 unspecified atom stereocenters. The summed E-state index contributed by atoms with van der Waals surface area (Å²) in [6.07, 6.45) is 2.99. The lowest BCUT2D eigenvalue weighted by Crippen LogP contribution is -2.40. The van der Waals surface area contributed by atoms with E-state index < -0.39 is 15.4 Å². The van der Waals surface area contributed by atoms with Gasteiger partial charge in [0.05, 0.1) is 11.4 Å². The molecule has 0 bridgehead atoms. The molecule has 0 atom stereocenters. The van der Waals surface area contributed by atoms with Crippen molar-refractivity contribution in [3.63, 3.8) is 0 Å². The fraction of sp³-hybridized carbons (Fsp3) is 0.769. The number of rotatable bonds is 4. The van der Waals surface area contributed by atoms with Crippen LogP contribution in [-0.4, -0.2) is 29.9 Å². The van der Waals surface area contributed by atoms with Crippen molar-refractivity contribution in [2.45, 2.75) is 50.9 Å². The summed E-state index contributed by atoms with van der Waals surface area (Å²) in [6, 6.07) is 0. The Kier molecular flexibility index (Phi) is 4.32. The third kappa shape index (κ3) is 4.26. The zero-order valence-corrected chi connectivity index (χ0v) is 13.1. The van der Waals surface area contributed by atoms with Crippen LogP contribution in [0.4, 0.5) is 0 Å². The Morgan fingerprint density at radius 2 is 2.11 bits per heavy atom. The molecule has 1 N–H and O–H groups in total. The maximum absolute atomic E-state index is 12.2. The largest absolute Gasteiger partial charge is 0.389 e. The fourth-order valence-electron chi connectivity index (χ4n) is 2.56. The van der Waals surface area contributed by atoms with Crippen molar-refractivity contribution in [1.29, 1.82) is 0 Å². The minimum Gasteiger partial charge on any atom is -0.389 e. The van der Waals surface area contributed by atoms with Gasteiger partial charge in [-0.1, -0.05) is 6.92 Å². The van der Waals surface area contributed by atoms with Crippen LogP contribution in [-0.2, 0) is 15.6 Å². The fourth-order valence-corrected chi connectivity index (χ4v) is 5.58. The van der Waals surface area contributed by atoms with Gasteiger partial charge in [-0.05, 0) is 38.5 Å². The number of thiazole rings is 1. The lowest BCUT2D eigenvalue weighted by molar-refractivity contribution is 0.0135. The highest BCUT2D eigenvalue weighted by atomic mass is 32.2. The highest BCUT2D eigenvalue weighted by molar-refractivity contribution is 7.90. The molecule has 6 heteroatoms. The van der Waals surface area contributed by atoms with Crippen molar-refractivity contribution >= 4 is 21.2 Å². The van der Waals surface area contributed by atoms with Crippen LogP contribution in [0.25, 0.3) is 0 Å². The summed E-state index contributed by atoms with van der Waals surface area (Å²) < 4.78 is 24.3. The predicted octanol–water partition coefficient (Wildman–Crippen LogP) is 2.31. The Labute approximate surface area is 118 Å². The van der Waals surface area contributed by atoms with Crippen molar-refractivity contribution in [2.75, 3.05) is 5.75 Å². The zero-order chi connectivity index (χ0) is 14.1. The average molecular weight is 303 g/mol. The highest BCUT2D eigenvalue weighted by Crippen LogP contribution is 2.33. The van der Waals surface area contributed by atoms with E-state index in [1.165, 1.54) is 11.3 Å². The Morgan fingerprint density at radius 1 is 1.47 bits per heavy atom. The molecule has 0 spiro atoms. The van der Waals surface area contributed by atoms with Crippen LogP contribution >= 0.6 is 11.3 Å². The lowest BCUT2D eigenvalue weighted by Gasteiger charge is -2.34. The van der Waals surface area contributed by atoms with Crippen molar-refractivity contribution in [1.82, 2.24) is 4.98 Å². The molecule has 1 aromatic rings. The molecule has 0 aliphatic heterocycles. The zero-order valence-electron chi connectivity index (χ0n) is 11.4. The van der Waals surface area contributed by atoms with E-state index in [2.05, 4.69) is 11.9 Å². The van der Waals surface area contributed by atoms with Crippen LogP contribution in [0.3, 0.4) is 0 Å². The second kappa shape index (κ2) is 5.50. The van der Waals surface area contributed by atoms with Crippen molar-refractivity contribution in [2.24, 2.45) is 5.92 Å². The molecule has 2 rings (SSSR count). The number of sulfone groups is 1. The summed E-state index contributed by atoms with van der Waals surface area (Å²) in [5.41, 5.74) is -0.183. The monoisotopic (exact) mass is 303 g/mol. The molecule has 1 aliphatic rings. The van der Waals surface area contributed by atoms with Crippen LogP contribution in [0.15, 0.2) is 5.38 Å². The van der Waals surface area contributed by atoms with E-state index in [4.69, 9.17) is 0 Å². The first-order valence-electron chi connectivity index (χ1n) is 6.62. The van der Waals surface area contributed by atoms with Crippen molar-refractivity contribution in [3.05, 3.63) is 16.1 Å². The van der Waals surface area contributed by atoms with E-state index in [0.717, 1.165) is 18.5 Å². The Bertz CT molecular complexity index is 528. The van der Waals surface area contributed by atoms with Crippen LogP contribution in [0.2, 0.25) is 0 Å². The van der Waals surface area contributed by atoms with Gasteiger partial charge in [0.2, 0.25) is 0 Å². The first-order chi connectivity index (χ1) is 8.78. The topological polar surface area (TPSA) is 67.3 Å².